The lowest BCUT2D eigenvalue weighted by atomic mass is 10.0. The fourth-order valence-electron chi connectivity index (χ4n) is 3.17. The first-order valence-corrected chi connectivity index (χ1v) is 9.20. The molecule has 2 heterocycles. The maximum Gasteiger partial charge on any atom is 0.257 e. The third kappa shape index (κ3) is 3.94. The first-order valence-electron chi connectivity index (χ1n) is 9.20. The SMILES string of the molecule is Cc1cnc(CNc2ccc(NC=C3C(=O)Nc4cccc(C)c43)cc2F)cn1. The summed E-state index contributed by atoms with van der Waals surface area (Å²) in [6, 6.07) is 10.5. The van der Waals surface area contributed by atoms with Gasteiger partial charge in [-0.25, -0.2) is 4.39 Å². The van der Waals surface area contributed by atoms with Crippen molar-refractivity contribution in [2.75, 3.05) is 16.0 Å². The van der Waals surface area contributed by atoms with Crippen LogP contribution in [-0.2, 0) is 11.3 Å². The molecule has 1 aliphatic heterocycles. The number of fused-ring (bicyclic) bond motifs is 1. The molecule has 1 aromatic heterocycles. The van der Waals surface area contributed by atoms with E-state index in [-0.39, 0.29) is 5.91 Å². The van der Waals surface area contributed by atoms with Gasteiger partial charge in [-0.15, -0.1) is 0 Å². The average molecular weight is 389 g/mol. The molecule has 3 aromatic rings. The van der Waals surface area contributed by atoms with Crippen molar-refractivity contribution < 1.29 is 9.18 Å². The summed E-state index contributed by atoms with van der Waals surface area (Å²) in [5.41, 5.74) is 5.64. The smallest absolute Gasteiger partial charge is 0.257 e. The third-order valence-electron chi connectivity index (χ3n) is 4.68. The van der Waals surface area contributed by atoms with E-state index in [9.17, 15) is 9.18 Å². The van der Waals surface area contributed by atoms with E-state index >= 15 is 0 Å². The summed E-state index contributed by atoms with van der Waals surface area (Å²) < 4.78 is 14.5. The van der Waals surface area contributed by atoms with E-state index in [4.69, 9.17) is 0 Å². The molecule has 0 fully saturated rings. The maximum atomic E-state index is 14.5. The molecule has 4 rings (SSSR count). The fourth-order valence-corrected chi connectivity index (χ4v) is 3.17. The van der Waals surface area contributed by atoms with E-state index in [1.807, 2.05) is 32.0 Å². The fraction of sp³-hybridized carbons (Fsp3) is 0.136. The van der Waals surface area contributed by atoms with Crippen molar-refractivity contribution in [3.05, 3.63) is 83.3 Å². The van der Waals surface area contributed by atoms with Crippen molar-refractivity contribution in [1.82, 2.24) is 9.97 Å². The molecule has 0 spiro atoms. The normalized spacial score (nSPS) is 13.9. The standard InChI is InChI=1S/C22H20FN5O/c1-13-4-3-5-20-21(13)17(22(29)28-20)12-26-15-6-7-19(18(23)8-15)27-11-16-10-24-14(2)9-25-16/h3-10,12,26-27H,11H2,1-2H3,(H,28,29). The molecule has 7 heteroatoms. The number of hydrogen-bond acceptors (Lipinski definition) is 5. The van der Waals surface area contributed by atoms with Gasteiger partial charge in [-0.3, -0.25) is 14.8 Å². The molecule has 146 valence electrons. The highest BCUT2D eigenvalue weighted by molar-refractivity contribution is 6.32. The molecule has 2 aromatic carbocycles. The van der Waals surface area contributed by atoms with E-state index in [2.05, 4.69) is 25.9 Å². The lowest BCUT2D eigenvalue weighted by Crippen LogP contribution is -2.06. The number of carbonyl (C=O) groups is 1. The van der Waals surface area contributed by atoms with Gasteiger partial charge in [0.1, 0.15) is 5.82 Å². The Morgan fingerprint density at radius 3 is 2.76 bits per heavy atom. The number of halogens is 1. The van der Waals surface area contributed by atoms with E-state index < -0.39 is 5.82 Å². The number of benzene rings is 2. The summed E-state index contributed by atoms with van der Waals surface area (Å²) in [6.07, 6.45) is 4.94. The molecule has 0 atom stereocenters. The molecular formula is C22H20FN5O. The Kier molecular flexibility index (Phi) is 4.95. The third-order valence-corrected chi connectivity index (χ3v) is 4.68. The van der Waals surface area contributed by atoms with Gasteiger partial charge in [0, 0.05) is 29.3 Å². The Balaban J connectivity index is 1.47. The van der Waals surface area contributed by atoms with Gasteiger partial charge >= 0.3 is 0 Å². The van der Waals surface area contributed by atoms with Gasteiger partial charge in [-0.2, -0.15) is 0 Å². The highest BCUT2D eigenvalue weighted by atomic mass is 19.1. The van der Waals surface area contributed by atoms with Crippen molar-refractivity contribution in [3.63, 3.8) is 0 Å². The average Bonchev–Trinajstić information content (AvgIpc) is 3.03. The number of aromatic nitrogens is 2. The predicted octanol–water partition coefficient (Wildman–Crippen LogP) is 4.25. The van der Waals surface area contributed by atoms with Gasteiger partial charge in [-0.1, -0.05) is 12.1 Å². The number of hydrogen-bond donors (Lipinski definition) is 3. The molecule has 0 bridgehead atoms. The zero-order valence-electron chi connectivity index (χ0n) is 16.1. The van der Waals surface area contributed by atoms with Crippen LogP contribution in [0.4, 0.5) is 21.5 Å². The summed E-state index contributed by atoms with van der Waals surface area (Å²) in [7, 11) is 0. The molecule has 3 N–H and O–H groups in total. The Morgan fingerprint density at radius 2 is 2.00 bits per heavy atom. The second-order valence-electron chi connectivity index (χ2n) is 6.85. The van der Waals surface area contributed by atoms with Crippen LogP contribution in [0.2, 0.25) is 0 Å². The van der Waals surface area contributed by atoms with Crippen molar-refractivity contribution in [2.45, 2.75) is 20.4 Å². The van der Waals surface area contributed by atoms with Gasteiger partial charge < -0.3 is 16.0 Å². The minimum atomic E-state index is -0.402. The van der Waals surface area contributed by atoms with Crippen LogP contribution < -0.4 is 16.0 Å². The second kappa shape index (κ2) is 7.71. The van der Waals surface area contributed by atoms with E-state index in [1.165, 1.54) is 6.07 Å². The Labute approximate surface area is 167 Å². The molecule has 0 unspecified atom stereocenters. The second-order valence-corrected chi connectivity index (χ2v) is 6.85. The minimum absolute atomic E-state index is 0.181. The number of nitrogens with zero attached hydrogens (tertiary/aromatic N) is 2. The number of anilines is 3. The highest BCUT2D eigenvalue weighted by Crippen LogP contribution is 2.34. The molecule has 0 aliphatic carbocycles. The molecule has 29 heavy (non-hydrogen) atoms. The molecule has 1 amide bonds. The van der Waals surface area contributed by atoms with Crippen LogP contribution in [0.3, 0.4) is 0 Å². The summed E-state index contributed by atoms with van der Waals surface area (Å²) in [6.45, 7) is 4.18. The zero-order valence-corrected chi connectivity index (χ0v) is 16.1. The predicted molar refractivity (Wildman–Crippen MR) is 112 cm³/mol. The molecular weight excluding hydrogens is 369 g/mol. The lowest BCUT2D eigenvalue weighted by molar-refractivity contribution is -0.110. The monoisotopic (exact) mass is 389 g/mol. The van der Waals surface area contributed by atoms with Crippen LogP contribution in [0.15, 0.2) is 55.0 Å². The van der Waals surface area contributed by atoms with Crippen LogP contribution >= 0.6 is 0 Å². The summed E-state index contributed by atoms with van der Waals surface area (Å²) in [5.74, 6) is -0.583. The molecule has 0 saturated heterocycles. The molecule has 0 saturated carbocycles. The Hall–Kier alpha value is -3.74. The van der Waals surface area contributed by atoms with Crippen molar-refractivity contribution in [3.8, 4) is 0 Å². The Bertz CT molecular complexity index is 1110. The van der Waals surface area contributed by atoms with Crippen LogP contribution in [0.1, 0.15) is 22.5 Å². The minimum Gasteiger partial charge on any atom is -0.377 e. The van der Waals surface area contributed by atoms with Crippen molar-refractivity contribution in [1.29, 1.82) is 0 Å². The van der Waals surface area contributed by atoms with Crippen LogP contribution in [-0.4, -0.2) is 15.9 Å². The van der Waals surface area contributed by atoms with Crippen molar-refractivity contribution >= 4 is 28.5 Å². The number of amides is 1. The summed E-state index contributed by atoms with van der Waals surface area (Å²) >= 11 is 0. The van der Waals surface area contributed by atoms with Gasteiger partial charge in [0.15, 0.2) is 0 Å². The first kappa shape index (κ1) is 18.6. The van der Waals surface area contributed by atoms with Crippen molar-refractivity contribution in [2.24, 2.45) is 0 Å². The summed E-state index contributed by atoms with van der Waals surface area (Å²) in [5, 5.41) is 8.87. The van der Waals surface area contributed by atoms with Crippen LogP contribution in [0, 0.1) is 19.7 Å². The van der Waals surface area contributed by atoms with Gasteiger partial charge in [-0.05, 0) is 43.7 Å². The first-order chi connectivity index (χ1) is 14.0. The number of rotatable bonds is 5. The van der Waals surface area contributed by atoms with Crippen LogP contribution in [0.25, 0.3) is 5.57 Å². The quantitative estimate of drug-likeness (QED) is 0.569. The molecule has 6 nitrogen and oxygen atoms in total. The maximum absolute atomic E-state index is 14.5. The summed E-state index contributed by atoms with van der Waals surface area (Å²) in [4.78, 5) is 20.7. The van der Waals surface area contributed by atoms with Crippen LogP contribution in [0.5, 0.6) is 0 Å². The molecule has 0 radical (unpaired) electrons. The number of nitrogens with one attached hydrogen (secondary N) is 3. The van der Waals surface area contributed by atoms with E-state index in [1.54, 1.807) is 30.7 Å². The number of aryl methyl sites for hydroxylation is 2. The largest absolute Gasteiger partial charge is 0.377 e. The molecule has 1 aliphatic rings. The van der Waals surface area contributed by atoms with Gasteiger partial charge in [0.2, 0.25) is 0 Å². The van der Waals surface area contributed by atoms with Gasteiger partial charge in [0.25, 0.3) is 5.91 Å². The van der Waals surface area contributed by atoms with E-state index in [0.717, 1.165) is 28.2 Å². The highest BCUT2D eigenvalue weighted by Gasteiger charge is 2.25. The van der Waals surface area contributed by atoms with Gasteiger partial charge in [0.05, 0.1) is 35.4 Å². The topological polar surface area (TPSA) is 78.9 Å². The Morgan fingerprint density at radius 1 is 1.14 bits per heavy atom. The lowest BCUT2D eigenvalue weighted by Gasteiger charge is -2.09. The van der Waals surface area contributed by atoms with E-state index in [0.29, 0.717) is 23.5 Å². The number of carbonyl (C=O) groups excluding carboxylic acids is 1. The zero-order chi connectivity index (χ0) is 20.4.